The molecule has 0 amide bonds. The summed E-state index contributed by atoms with van der Waals surface area (Å²) in [5.41, 5.74) is 3.90. The predicted octanol–water partition coefficient (Wildman–Crippen LogP) is 15.3. The first-order valence-electron chi connectivity index (χ1n) is 36.1. The molecule has 3 N–H and O–H groups in total. The summed E-state index contributed by atoms with van der Waals surface area (Å²) in [7, 11) is 0. The Hall–Kier alpha value is -3.48. The number of fused-ring (bicyclic) bond motifs is 15. The molecule has 12 aliphatic carbocycles. The molecule has 3 aromatic heterocycles. The second kappa shape index (κ2) is 23.6. The van der Waals surface area contributed by atoms with Crippen molar-refractivity contribution in [3.63, 3.8) is 0 Å². The predicted molar refractivity (Wildman–Crippen MR) is 345 cm³/mol. The number of nitrogens with zero attached hydrogens (tertiary/aromatic N) is 9. The summed E-state index contributed by atoms with van der Waals surface area (Å²) in [4.78, 5) is 3.59. The van der Waals surface area contributed by atoms with Gasteiger partial charge in [-0.05, 0) is 315 Å². The molecule has 3 aromatic rings. The van der Waals surface area contributed by atoms with Gasteiger partial charge in [0.05, 0.1) is 67.4 Å². The summed E-state index contributed by atoms with van der Waals surface area (Å²) >= 11 is 0. The molecule has 480 valence electrons. The van der Waals surface area contributed by atoms with Gasteiger partial charge < -0.3 is 15.3 Å². The van der Waals surface area contributed by atoms with E-state index in [1.54, 1.807) is 40.6 Å². The SMILES string of the molecule is C=C(Cn1ccnn1)[C@H]1CC[C@H]2[C@@H]3CC[C@H]4C[C@](C)(O)[C@@H](C)C[C@@H]4[C@H]3CC[C@]12C.C=C(Cn1nccn1)[C@H]1CC[C@H]2[C@@H]3CC[C@H]4C[C@](C)(O)[C@@H](C)C[C@@H]4[C@H]3CC[C@]12C.C=C(Cn1nccn1)[C@H]1CC[C@H]2[C@@H]3CC[C@H]4C[C@](C)(O)[C@@H](C)C[C@@H]4[C@H]3CC[C@]12C. The maximum absolute atomic E-state index is 10.8. The summed E-state index contributed by atoms with van der Waals surface area (Å²) in [5.74, 6) is 15.9. The van der Waals surface area contributed by atoms with Crippen LogP contribution < -0.4 is 0 Å². The molecule has 0 spiro atoms. The van der Waals surface area contributed by atoms with Gasteiger partial charge in [0.1, 0.15) is 0 Å². The Balaban J connectivity index is 0.000000121. The monoisotopic (exact) mass is 1190 g/mol. The molecule has 0 saturated heterocycles. The summed E-state index contributed by atoms with van der Waals surface area (Å²) in [6.07, 6.45) is 42.0. The van der Waals surface area contributed by atoms with Crippen molar-refractivity contribution in [1.82, 2.24) is 45.0 Å². The van der Waals surface area contributed by atoms with E-state index >= 15 is 0 Å². The second-order valence-electron chi connectivity index (χ2n) is 34.6. The van der Waals surface area contributed by atoms with Crippen molar-refractivity contribution in [2.45, 2.75) is 253 Å². The Bertz CT molecular complexity index is 2570. The molecule has 87 heavy (non-hydrogen) atoms. The number of hydrogen-bond acceptors (Lipinski definition) is 9. The van der Waals surface area contributed by atoms with Crippen molar-refractivity contribution in [2.75, 3.05) is 0 Å². The Morgan fingerprint density at radius 2 is 0.724 bits per heavy atom. The lowest BCUT2D eigenvalue weighted by Gasteiger charge is -2.58. The third-order valence-corrected chi connectivity index (χ3v) is 30.6. The summed E-state index contributed by atoms with van der Waals surface area (Å²) in [6, 6.07) is 0. The van der Waals surface area contributed by atoms with E-state index in [2.05, 4.69) is 113 Å². The Morgan fingerprint density at radius 3 is 1.03 bits per heavy atom. The maximum Gasteiger partial charge on any atom is 0.0817 e. The second-order valence-corrected chi connectivity index (χ2v) is 34.6. The van der Waals surface area contributed by atoms with Gasteiger partial charge in [0.15, 0.2) is 0 Å². The van der Waals surface area contributed by atoms with Crippen molar-refractivity contribution in [2.24, 2.45) is 141 Å². The molecule has 0 aliphatic heterocycles. The van der Waals surface area contributed by atoms with E-state index in [0.29, 0.717) is 51.8 Å². The standard InChI is InChI=1S/3C25H39N3O/c1-16(15-28-12-11-26-27-28)22-7-8-23-20-6-5-18-14-25(4,29)17(2)13-21(18)19(20)9-10-24(22,23)3;2*1-16(15-28-26-11-12-27-28)22-7-8-23-20-6-5-18-14-25(4,29)17(2)13-21(18)19(20)9-10-24(22,23)3/h3*11-12,17-23,29H,1,5-10,13-15H2,2-4H3/t3*17-,18-,19-,20+,21-,22+,23-,24+,25-/m000/s1. The summed E-state index contributed by atoms with van der Waals surface area (Å²) in [6.45, 7) is 36.7. The van der Waals surface area contributed by atoms with Crippen LogP contribution in [0.4, 0.5) is 0 Å². The Labute approximate surface area is 524 Å². The highest BCUT2D eigenvalue weighted by molar-refractivity contribution is 5.19. The molecular formula is C75H117N9O3. The molecule has 0 bridgehead atoms. The largest absolute Gasteiger partial charge is 0.390 e. The van der Waals surface area contributed by atoms with Gasteiger partial charge in [-0.15, -0.1) is 5.10 Å². The topological polar surface area (TPSA) is 153 Å². The van der Waals surface area contributed by atoms with Crippen LogP contribution in [0.1, 0.15) is 216 Å². The average Bonchev–Trinajstić information content (AvgIpc) is 1.82. The van der Waals surface area contributed by atoms with Crippen LogP contribution in [0.3, 0.4) is 0 Å². The Kier molecular flexibility index (Phi) is 16.9. The number of hydrogen-bond donors (Lipinski definition) is 3. The lowest BCUT2D eigenvalue weighted by molar-refractivity contribution is -0.121. The molecule has 27 atom stereocenters. The highest BCUT2D eigenvalue weighted by atomic mass is 16.3. The van der Waals surface area contributed by atoms with Gasteiger partial charge in [0.2, 0.25) is 0 Å². The van der Waals surface area contributed by atoms with Gasteiger partial charge >= 0.3 is 0 Å². The minimum Gasteiger partial charge on any atom is -0.390 e. The van der Waals surface area contributed by atoms with Crippen LogP contribution in [0.2, 0.25) is 0 Å². The van der Waals surface area contributed by atoms with Crippen molar-refractivity contribution >= 4 is 0 Å². The first-order valence-corrected chi connectivity index (χ1v) is 36.1. The molecule has 12 heteroatoms. The molecule has 12 fully saturated rings. The molecule has 12 nitrogen and oxygen atoms in total. The first kappa shape index (κ1) is 62.3. The highest BCUT2D eigenvalue weighted by Gasteiger charge is 2.62. The molecular weight excluding hydrogens is 1070 g/mol. The molecule has 0 aromatic carbocycles. The molecule has 0 radical (unpaired) electrons. The fourth-order valence-electron chi connectivity index (χ4n) is 25.6. The lowest BCUT2D eigenvalue weighted by Crippen LogP contribution is -2.52. The molecule has 12 saturated carbocycles. The highest BCUT2D eigenvalue weighted by Crippen LogP contribution is 2.69. The van der Waals surface area contributed by atoms with Crippen molar-refractivity contribution in [3.8, 4) is 0 Å². The first-order chi connectivity index (χ1) is 41.4. The van der Waals surface area contributed by atoms with Crippen molar-refractivity contribution < 1.29 is 15.3 Å². The number of rotatable bonds is 9. The van der Waals surface area contributed by atoms with Gasteiger partial charge in [-0.25, -0.2) is 4.68 Å². The zero-order valence-electron chi connectivity index (χ0n) is 55.7. The van der Waals surface area contributed by atoms with E-state index in [4.69, 9.17) is 0 Å². The van der Waals surface area contributed by atoms with Crippen molar-refractivity contribution in [1.29, 1.82) is 0 Å². The third kappa shape index (κ3) is 11.2. The van der Waals surface area contributed by atoms with Crippen LogP contribution in [0.15, 0.2) is 73.6 Å². The lowest BCUT2D eigenvalue weighted by atomic mass is 9.48. The van der Waals surface area contributed by atoms with Gasteiger partial charge in [-0.3, -0.25) is 0 Å². The third-order valence-electron chi connectivity index (χ3n) is 30.6. The normalized spacial score (nSPS) is 49.2. The van der Waals surface area contributed by atoms with Crippen LogP contribution in [-0.2, 0) is 19.6 Å². The van der Waals surface area contributed by atoms with E-state index < -0.39 is 16.8 Å². The van der Waals surface area contributed by atoms with Gasteiger partial charge in [0.25, 0.3) is 0 Å². The molecule has 0 unspecified atom stereocenters. The number of allylic oxidation sites excluding steroid dienone is 3. The van der Waals surface area contributed by atoms with E-state index in [1.807, 2.05) is 10.9 Å². The van der Waals surface area contributed by atoms with Gasteiger partial charge in [0, 0.05) is 6.20 Å². The van der Waals surface area contributed by atoms with Crippen LogP contribution >= 0.6 is 0 Å². The van der Waals surface area contributed by atoms with Crippen LogP contribution in [0.5, 0.6) is 0 Å². The van der Waals surface area contributed by atoms with Gasteiger partial charge in [-0.1, -0.05) is 83.2 Å². The van der Waals surface area contributed by atoms with Crippen LogP contribution in [0.25, 0.3) is 0 Å². The minimum absolute atomic E-state index is 0.407. The molecule has 15 rings (SSSR count). The fourth-order valence-corrected chi connectivity index (χ4v) is 25.6. The average molecular weight is 1190 g/mol. The summed E-state index contributed by atoms with van der Waals surface area (Å²) in [5, 5.41) is 57.9. The molecule has 3 heterocycles. The zero-order chi connectivity index (χ0) is 61.2. The van der Waals surface area contributed by atoms with E-state index in [1.165, 1.54) is 152 Å². The maximum atomic E-state index is 10.8. The van der Waals surface area contributed by atoms with Crippen molar-refractivity contribution in [3.05, 3.63) is 73.6 Å². The van der Waals surface area contributed by atoms with E-state index in [9.17, 15) is 15.3 Å². The minimum atomic E-state index is -0.450. The smallest absolute Gasteiger partial charge is 0.0817 e. The Morgan fingerprint density at radius 1 is 0.402 bits per heavy atom. The van der Waals surface area contributed by atoms with Crippen LogP contribution in [0, 0.1) is 141 Å². The molecule has 12 aliphatic rings. The van der Waals surface area contributed by atoms with Crippen LogP contribution in [-0.4, -0.2) is 77.1 Å². The quantitative estimate of drug-likeness (QED) is 0.178. The van der Waals surface area contributed by atoms with E-state index in [0.717, 1.165) is 128 Å². The number of aliphatic hydroxyl groups is 3. The van der Waals surface area contributed by atoms with Gasteiger partial charge in [-0.2, -0.15) is 30.0 Å². The zero-order valence-corrected chi connectivity index (χ0v) is 55.7. The fraction of sp³-hybridized carbons (Fsp3) is 0.840. The number of aromatic nitrogens is 9. The summed E-state index contributed by atoms with van der Waals surface area (Å²) < 4.78 is 1.94. The van der Waals surface area contributed by atoms with E-state index in [-0.39, 0.29) is 0 Å².